The molecule has 1 heterocycles. The van der Waals surface area contributed by atoms with Crippen LogP contribution in [-0.2, 0) is 9.59 Å². The van der Waals surface area contributed by atoms with Gasteiger partial charge >= 0.3 is 0 Å². The highest BCUT2D eigenvalue weighted by molar-refractivity contribution is 6.30. The van der Waals surface area contributed by atoms with Crippen LogP contribution in [0.25, 0.3) is 0 Å². The van der Waals surface area contributed by atoms with E-state index in [0.29, 0.717) is 22.0 Å². The van der Waals surface area contributed by atoms with Crippen molar-refractivity contribution in [3.8, 4) is 5.75 Å². The van der Waals surface area contributed by atoms with Gasteiger partial charge in [0, 0.05) is 10.6 Å². The number of anilines is 1. The predicted octanol–water partition coefficient (Wildman–Crippen LogP) is 3.91. The number of imide groups is 1. The van der Waals surface area contributed by atoms with Crippen molar-refractivity contribution >= 4 is 34.9 Å². The Labute approximate surface area is 172 Å². The molecule has 2 bridgehead atoms. The van der Waals surface area contributed by atoms with Gasteiger partial charge in [-0.1, -0.05) is 35.9 Å². The topological polar surface area (TPSA) is 63.7 Å². The van der Waals surface area contributed by atoms with Crippen molar-refractivity contribution in [2.24, 2.45) is 23.7 Å². The predicted molar refractivity (Wildman–Crippen MR) is 108 cm³/mol. The molecule has 2 amide bonds. The second-order valence-electron chi connectivity index (χ2n) is 7.70. The van der Waals surface area contributed by atoms with Gasteiger partial charge in [-0.2, -0.15) is 0 Å². The number of nitrogens with zero attached hydrogens (tertiary/aromatic N) is 1. The van der Waals surface area contributed by atoms with Crippen LogP contribution >= 0.6 is 11.6 Å². The second-order valence-corrected chi connectivity index (χ2v) is 8.13. The van der Waals surface area contributed by atoms with Crippen LogP contribution in [0.1, 0.15) is 16.8 Å². The Hall–Kier alpha value is -2.92. The summed E-state index contributed by atoms with van der Waals surface area (Å²) in [4.78, 5) is 39.8. The van der Waals surface area contributed by atoms with Crippen molar-refractivity contribution < 1.29 is 19.1 Å². The summed E-state index contributed by atoms with van der Waals surface area (Å²) in [5.74, 6) is -0.472. The van der Waals surface area contributed by atoms with E-state index >= 15 is 0 Å². The first-order valence-electron chi connectivity index (χ1n) is 9.61. The van der Waals surface area contributed by atoms with Crippen LogP contribution in [0.4, 0.5) is 5.69 Å². The fraction of sp³-hybridized carbons (Fsp3) is 0.261. The van der Waals surface area contributed by atoms with Crippen molar-refractivity contribution in [3.05, 3.63) is 71.3 Å². The number of hydrogen-bond acceptors (Lipinski definition) is 4. The standard InChI is InChI=1S/C23H18ClNO4/c24-16-9-7-13(8-10-16)18(26)12-29-19-4-2-1-3-17(19)25-22(27)20-14-5-6-15(11-14)21(20)23(25)28/h1-10,14-15,20-21H,11-12H2/t14-,15+,20+,21-. The lowest BCUT2D eigenvalue weighted by Gasteiger charge is -2.20. The molecule has 5 nitrogen and oxygen atoms in total. The number of amides is 2. The number of fused-ring (bicyclic) bond motifs is 5. The number of allylic oxidation sites excluding steroid dienone is 2. The van der Waals surface area contributed by atoms with Gasteiger partial charge in [0.1, 0.15) is 5.75 Å². The molecule has 1 aliphatic heterocycles. The van der Waals surface area contributed by atoms with Crippen LogP contribution < -0.4 is 9.64 Å². The lowest BCUT2D eigenvalue weighted by atomic mass is 9.85. The maximum absolute atomic E-state index is 13.1. The van der Waals surface area contributed by atoms with E-state index in [1.54, 1.807) is 48.5 Å². The molecule has 1 saturated carbocycles. The fourth-order valence-electron chi connectivity index (χ4n) is 4.77. The number of halogens is 1. The van der Waals surface area contributed by atoms with Gasteiger partial charge in [-0.05, 0) is 54.7 Å². The Kier molecular flexibility index (Phi) is 4.28. The SMILES string of the molecule is O=C(COc1ccccc1N1C(=O)[C@@H]2[C@H](C1=O)[C@H]1C=C[C@@H]2C1)c1ccc(Cl)cc1. The van der Waals surface area contributed by atoms with E-state index in [4.69, 9.17) is 16.3 Å². The van der Waals surface area contributed by atoms with Gasteiger partial charge in [-0.25, -0.2) is 4.90 Å². The van der Waals surface area contributed by atoms with Crippen LogP contribution in [0.5, 0.6) is 5.75 Å². The molecule has 0 N–H and O–H groups in total. The van der Waals surface area contributed by atoms with Gasteiger partial charge in [-0.15, -0.1) is 0 Å². The first-order valence-corrected chi connectivity index (χ1v) is 9.99. The van der Waals surface area contributed by atoms with Crippen LogP contribution in [0.2, 0.25) is 5.02 Å². The summed E-state index contributed by atoms with van der Waals surface area (Å²) in [7, 11) is 0. The molecule has 146 valence electrons. The van der Waals surface area contributed by atoms with Crippen molar-refractivity contribution in [2.45, 2.75) is 6.42 Å². The molecule has 2 aliphatic carbocycles. The highest BCUT2D eigenvalue weighted by atomic mass is 35.5. The zero-order chi connectivity index (χ0) is 20.1. The summed E-state index contributed by atoms with van der Waals surface area (Å²) in [6.07, 6.45) is 5.01. The molecule has 2 aromatic carbocycles. The lowest BCUT2D eigenvalue weighted by Crippen LogP contribution is -2.33. The molecule has 1 saturated heterocycles. The van der Waals surface area contributed by atoms with Crippen molar-refractivity contribution in [2.75, 3.05) is 11.5 Å². The summed E-state index contributed by atoms with van der Waals surface area (Å²) < 4.78 is 5.74. The van der Waals surface area contributed by atoms with Crippen molar-refractivity contribution in [1.82, 2.24) is 0 Å². The third kappa shape index (κ3) is 2.88. The molecule has 0 unspecified atom stereocenters. The number of ether oxygens (including phenoxy) is 1. The number of carbonyl (C=O) groups is 3. The molecule has 0 spiro atoms. The van der Waals surface area contributed by atoms with Gasteiger partial charge in [0.05, 0.1) is 17.5 Å². The van der Waals surface area contributed by atoms with E-state index in [1.807, 2.05) is 0 Å². The van der Waals surface area contributed by atoms with Gasteiger partial charge in [-0.3, -0.25) is 14.4 Å². The number of carbonyl (C=O) groups excluding carboxylic acids is 3. The molecular weight excluding hydrogens is 390 g/mol. The summed E-state index contributed by atoms with van der Waals surface area (Å²) in [5, 5.41) is 0.549. The molecule has 0 aromatic heterocycles. The maximum atomic E-state index is 13.1. The van der Waals surface area contributed by atoms with Gasteiger partial charge in [0.15, 0.2) is 12.4 Å². The smallest absolute Gasteiger partial charge is 0.238 e. The number of benzene rings is 2. The number of Topliss-reactive ketones (excluding diaryl/α,β-unsaturated/α-hetero) is 1. The van der Waals surface area contributed by atoms with E-state index in [-0.39, 0.29) is 47.9 Å². The molecule has 4 atom stereocenters. The third-order valence-electron chi connectivity index (χ3n) is 6.10. The summed E-state index contributed by atoms with van der Waals surface area (Å²) in [6, 6.07) is 13.4. The molecule has 2 aromatic rings. The average Bonchev–Trinajstić information content (AvgIpc) is 3.41. The summed E-state index contributed by atoms with van der Waals surface area (Å²) in [5.41, 5.74) is 0.887. The van der Waals surface area contributed by atoms with E-state index < -0.39 is 0 Å². The molecule has 2 fully saturated rings. The summed E-state index contributed by atoms with van der Waals surface area (Å²) in [6.45, 7) is -0.200. The van der Waals surface area contributed by atoms with Crippen molar-refractivity contribution in [3.63, 3.8) is 0 Å². The minimum absolute atomic E-state index is 0.144. The highest BCUT2D eigenvalue weighted by Gasteiger charge is 2.59. The van der Waals surface area contributed by atoms with E-state index in [0.717, 1.165) is 6.42 Å². The fourth-order valence-corrected chi connectivity index (χ4v) is 4.89. The third-order valence-corrected chi connectivity index (χ3v) is 6.35. The zero-order valence-corrected chi connectivity index (χ0v) is 16.2. The quantitative estimate of drug-likeness (QED) is 0.428. The van der Waals surface area contributed by atoms with E-state index in [1.165, 1.54) is 4.90 Å². The molecule has 3 aliphatic rings. The number of ketones is 1. The number of hydrogen-bond donors (Lipinski definition) is 0. The molecule has 5 rings (SSSR count). The maximum Gasteiger partial charge on any atom is 0.238 e. The molecular formula is C23H18ClNO4. The monoisotopic (exact) mass is 407 g/mol. The Bertz CT molecular complexity index is 1020. The number of rotatable bonds is 5. The second kappa shape index (κ2) is 6.85. The van der Waals surface area contributed by atoms with Gasteiger partial charge in [0.2, 0.25) is 11.8 Å². The minimum Gasteiger partial charge on any atom is -0.483 e. The molecule has 29 heavy (non-hydrogen) atoms. The largest absolute Gasteiger partial charge is 0.483 e. The van der Waals surface area contributed by atoms with Crippen LogP contribution in [0.3, 0.4) is 0 Å². The normalized spacial score (nSPS) is 26.9. The summed E-state index contributed by atoms with van der Waals surface area (Å²) >= 11 is 5.86. The molecule has 6 heteroatoms. The van der Waals surface area contributed by atoms with Crippen LogP contribution in [0, 0.1) is 23.7 Å². The number of para-hydroxylation sites is 2. The first-order chi connectivity index (χ1) is 14.0. The Morgan fingerprint density at radius 2 is 1.59 bits per heavy atom. The van der Waals surface area contributed by atoms with Gasteiger partial charge in [0.25, 0.3) is 0 Å². The first kappa shape index (κ1) is 18.1. The van der Waals surface area contributed by atoms with Gasteiger partial charge < -0.3 is 4.74 Å². The van der Waals surface area contributed by atoms with E-state index in [9.17, 15) is 14.4 Å². The Morgan fingerprint density at radius 3 is 2.24 bits per heavy atom. The van der Waals surface area contributed by atoms with Crippen LogP contribution in [-0.4, -0.2) is 24.2 Å². The van der Waals surface area contributed by atoms with Crippen LogP contribution in [0.15, 0.2) is 60.7 Å². The Morgan fingerprint density at radius 1 is 0.966 bits per heavy atom. The average molecular weight is 408 g/mol. The minimum atomic E-state index is -0.277. The zero-order valence-electron chi connectivity index (χ0n) is 15.5. The van der Waals surface area contributed by atoms with E-state index in [2.05, 4.69) is 12.2 Å². The molecule has 0 radical (unpaired) electrons. The highest BCUT2D eigenvalue weighted by Crippen LogP contribution is 2.53. The Balaban J connectivity index is 1.38. The lowest BCUT2D eigenvalue weighted by molar-refractivity contribution is -0.123. The van der Waals surface area contributed by atoms with Crippen molar-refractivity contribution in [1.29, 1.82) is 0 Å².